The number of nitrogens with one attached hydrogen (secondary N) is 2. The van der Waals surface area contributed by atoms with Gasteiger partial charge in [-0.1, -0.05) is 29.8 Å². The van der Waals surface area contributed by atoms with E-state index in [1.165, 1.54) is 26.4 Å². The van der Waals surface area contributed by atoms with Gasteiger partial charge < -0.3 is 24.8 Å². The molecule has 0 spiro atoms. The Morgan fingerprint density at radius 3 is 2.45 bits per heavy atom. The van der Waals surface area contributed by atoms with E-state index < -0.39 is 0 Å². The van der Waals surface area contributed by atoms with Crippen LogP contribution in [0.2, 0.25) is 5.02 Å². The Bertz CT molecular complexity index is 1040. The van der Waals surface area contributed by atoms with Crippen molar-refractivity contribution in [1.82, 2.24) is 0 Å². The highest BCUT2D eigenvalue weighted by Gasteiger charge is 2.12. The van der Waals surface area contributed by atoms with Gasteiger partial charge in [-0.2, -0.15) is 0 Å². The Labute approximate surface area is 184 Å². The molecule has 3 aromatic carbocycles. The molecule has 8 heteroatoms. The topological polar surface area (TPSA) is 68.8 Å². The van der Waals surface area contributed by atoms with Crippen molar-refractivity contribution in [3.63, 3.8) is 0 Å². The van der Waals surface area contributed by atoms with Crippen molar-refractivity contribution in [2.45, 2.75) is 6.61 Å². The molecule has 3 aromatic rings. The zero-order chi connectivity index (χ0) is 22.2. The molecule has 0 aromatic heterocycles. The largest absolute Gasteiger partial charge is 0.495 e. The lowest BCUT2D eigenvalue weighted by atomic mass is 10.2. The predicted octanol–water partition coefficient (Wildman–Crippen LogP) is 5.13. The fourth-order valence-electron chi connectivity index (χ4n) is 2.78. The molecular weight excluding hydrogens is 423 g/mol. The number of benzene rings is 3. The van der Waals surface area contributed by atoms with Gasteiger partial charge in [0.25, 0.3) is 0 Å². The average molecular weight is 445 g/mol. The minimum absolute atomic E-state index is 0.0220. The number of halogens is 2. The van der Waals surface area contributed by atoms with Gasteiger partial charge in [0.15, 0.2) is 0 Å². The molecule has 0 aliphatic carbocycles. The quantitative estimate of drug-likeness (QED) is 0.479. The Morgan fingerprint density at radius 2 is 1.74 bits per heavy atom. The first-order chi connectivity index (χ1) is 15.0. The highest BCUT2D eigenvalue weighted by atomic mass is 35.5. The Hall–Kier alpha value is -3.45. The third-order valence-electron chi connectivity index (χ3n) is 4.35. The lowest BCUT2D eigenvalue weighted by Gasteiger charge is -2.14. The summed E-state index contributed by atoms with van der Waals surface area (Å²) in [4.78, 5) is 12.4. The van der Waals surface area contributed by atoms with E-state index in [0.29, 0.717) is 40.3 Å². The van der Waals surface area contributed by atoms with Crippen LogP contribution in [-0.4, -0.2) is 26.7 Å². The molecule has 0 saturated heterocycles. The summed E-state index contributed by atoms with van der Waals surface area (Å²) in [6, 6.07) is 16.5. The monoisotopic (exact) mass is 444 g/mol. The highest BCUT2D eigenvalue weighted by Crippen LogP contribution is 2.35. The van der Waals surface area contributed by atoms with Crippen LogP contribution in [0.25, 0.3) is 0 Å². The summed E-state index contributed by atoms with van der Waals surface area (Å²) in [5, 5.41) is 6.17. The van der Waals surface area contributed by atoms with Crippen LogP contribution in [0.15, 0.2) is 60.7 Å². The zero-order valence-electron chi connectivity index (χ0n) is 17.1. The molecule has 0 bridgehead atoms. The van der Waals surface area contributed by atoms with Gasteiger partial charge in [0.2, 0.25) is 5.91 Å². The van der Waals surface area contributed by atoms with E-state index in [0.717, 1.165) is 5.56 Å². The van der Waals surface area contributed by atoms with E-state index in [2.05, 4.69) is 10.6 Å². The van der Waals surface area contributed by atoms with E-state index in [4.69, 9.17) is 25.8 Å². The number of carbonyl (C=O) groups is 1. The van der Waals surface area contributed by atoms with E-state index in [1.54, 1.807) is 36.4 Å². The van der Waals surface area contributed by atoms with Crippen molar-refractivity contribution in [2.24, 2.45) is 0 Å². The van der Waals surface area contributed by atoms with E-state index >= 15 is 0 Å². The van der Waals surface area contributed by atoms with Crippen LogP contribution in [0.1, 0.15) is 5.56 Å². The number of methoxy groups -OCH3 is 2. The summed E-state index contributed by atoms with van der Waals surface area (Å²) >= 11 is 6.13. The van der Waals surface area contributed by atoms with Gasteiger partial charge in [0.1, 0.15) is 29.7 Å². The van der Waals surface area contributed by atoms with Crippen LogP contribution in [0, 0.1) is 5.82 Å². The molecule has 31 heavy (non-hydrogen) atoms. The van der Waals surface area contributed by atoms with Gasteiger partial charge in [-0.15, -0.1) is 0 Å². The SMILES string of the molecule is COc1cc(OC)c(NC(=O)CNc2cccc(OCc3ccc(F)cc3)c2)cc1Cl. The summed E-state index contributed by atoms with van der Waals surface area (Å²) in [5.74, 6) is 0.941. The van der Waals surface area contributed by atoms with Crippen LogP contribution in [0.4, 0.5) is 15.8 Å². The number of hydrogen-bond acceptors (Lipinski definition) is 5. The van der Waals surface area contributed by atoms with Crippen LogP contribution < -0.4 is 24.8 Å². The third-order valence-corrected chi connectivity index (χ3v) is 4.65. The van der Waals surface area contributed by atoms with Crippen LogP contribution in [-0.2, 0) is 11.4 Å². The van der Waals surface area contributed by atoms with Gasteiger partial charge >= 0.3 is 0 Å². The molecule has 0 atom stereocenters. The van der Waals surface area contributed by atoms with Crippen molar-refractivity contribution in [1.29, 1.82) is 0 Å². The first-order valence-electron chi connectivity index (χ1n) is 9.41. The maximum atomic E-state index is 13.0. The first-order valence-corrected chi connectivity index (χ1v) is 9.79. The fraction of sp³-hybridized carbons (Fsp3) is 0.174. The summed E-state index contributed by atoms with van der Waals surface area (Å²) in [5.41, 5.74) is 2.01. The molecular formula is C23H22ClFN2O4. The van der Waals surface area contributed by atoms with Crippen LogP contribution >= 0.6 is 11.6 Å². The van der Waals surface area contributed by atoms with Crippen LogP contribution in [0.5, 0.6) is 17.2 Å². The minimum atomic E-state index is -0.289. The lowest BCUT2D eigenvalue weighted by molar-refractivity contribution is -0.114. The average Bonchev–Trinajstić information content (AvgIpc) is 2.78. The fourth-order valence-corrected chi connectivity index (χ4v) is 3.02. The second-order valence-corrected chi connectivity index (χ2v) is 6.94. The molecule has 0 heterocycles. The van der Waals surface area contributed by atoms with Gasteiger partial charge in [-0.25, -0.2) is 4.39 Å². The maximum absolute atomic E-state index is 13.0. The van der Waals surface area contributed by atoms with E-state index in [9.17, 15) is 9.18 Å². The Balaban J connectivity index is 1.56. The Morgan fingerprint density at radius 1 is 1.00 bits per heavy atom. The molecule has 0 saturated carbocycles. The molecule has 0 fully saturated rings. The van der Waals surface area contributed by atoms with E-state index in [-0.39, 0.29) is 18.3 Å². The molecule has 0 aliphatic heterocycles. The smallest absolute Gasteiger partial charge is 0.243 e. The molecule has 3 rings (SSSR count). The summed E-state index contributed by atoms with van der Waals surface area (Å²) in [7, 11) is 2.99. The third kappa shape index (κ3) is 6.26. The lowest BCUT2D eigenvalue weighted by Crippen LogP contribution is -2.22. The summed E-state index contributed by atoms with van der Waals surface area (Å²) in [6.45, 7) is 0.330. The first kappa shape index (κ1) is 22.2. The molecule has 0 aliphatic rings. The summed E-state index contributed by atoms with van der Waals surface area (Å²) < 4.78 is 29.2. The van der Waals surface area contributed by atoms with Crippen LogP contribution in [0.3, 0.4) is 0 Å². The predicted molar refractivity (Wildman–Crippen MR) is 119 cm³/mol. The molecule has 6 nitrogen and oxygen atoms in total. The van der Waals surface area contributed by atoms with E-state index in [1.807, 2.05) is 12.1 Å². The molecule has 1 amide bonds. The molecule has 162 valence electrons. The Kier molecular flexibility index (Phi) is 7.56. The second-order valence-electron chi connectivity index (χ2n) is 6.53. The number of ether oxygens (including phenoxy) is 3. The van der Waals surface area contributed by atoms with Crippen molar-refractivity contribution in [3.05, 3.63) is 77.1 Å². The number of amides is 1. The summed E-state index contributed by atoms with van der Waals surface area (Å²) in [6.07, 6.45) is 0. The number of carbonyl (C=O) groups excluding carboxylic acids is 1. The zero-order valence-corrected chi connectivity index (χ0v) is 17.8. The standard InChI is InChI=1S/C23H22ClFN2O4/c1-29-21-12-22(30-2)20(11-19(21)24)27-23(28)13-26-17-4-3-5-18(10-17)31-14-15-6-8-16(25)9-7-15/h3-12,26H,13-14H2,1-2H3,(H,27,28). The molecule has 0 radical (unpaired) electrons. The molecule has 0 unspecified atom stereocenters. The molecule has 2 N–H and O–H groups in total. The van der Waals surface area contributed by atoms with Crippen molar-refractivity contribution < 1.29 is 23.4 Å². The van der Waals surface area contributed by atoms with Gasteiger partial charge in [-0.05, 0) is 35.9 Å². The van der Waals surface area contributed by atoms with Crippen molar-refractivity contribution in [2.75, 3.05) is 31.4 Å². The highest BCUT2D eigenvalue weighted by molar-refractivity contribution is 6.32. The second kappa shape index (κ2) is 10.5. The van der Waals surface area contributed by atoms with Crippen molar-refractivity contribution >= 4 is 28.9 Å². The van der Waals surface area contributed by atoms with Gasteiger partial charge in [0, 0.05) is 17.8 Å². The number of anilines is 2. The normalized spacial score (nSPS) is 10.3. The van der Waals surface area contributed by atoms with Crippen molar-refractivity contribution in [3.8, 4) is 17.2 Å². The van der Waals surface area contributed by atoms with Gasteiger partial charge in [-0.3, -0.25) is 4.79 Å². The number of hydrogen-bond donors (Lipinski definition) is 2. The minimum Gasteiger partial charge on any atom is -0.495 e. The number of rotatable bonds is 9. The van der Waals surface area contributed by atoms with Gasteiger partial charge in [0.05, 0.1) is 31.5 Å². The maximum Gasteiger partial charge on any atom is 0.243 e.